The van der Waals surface area contributed by atoms with Gasteiger partial charge in [0.05, 0.1) is 26.4 Å². The van der Waals surface area contributed by atoms with Crippen LogP contribution in [0, 0.1) is 11.8 Å². The van der Waals surface area contributed by atoms with Gasteiger partial charge in [-0.25, -0.2) is 9.13 Å². The summed E-state index contributed by atoms with van der Waals surface area (Å²) in [6.07, 6.45) is 54.2. The third-order valence-corrected chi connectivity index (χ3v) is 19.7. The molecule has 0 rings (SSSR count). The fourth-order valence-corrected chi connectivity index (χ4v) is 13.0. The molecule has 0 aliphatic carbocycles. The molecule has 94 heavy (non-hydrogen) atoms. The first kappa shape index (κ1) is 92.1. The summed E-state index contributed by atoms with van der Waals surface area (Å²) in [4.78, 5) is 72.6. The minimum absolute atomic E-state index is 0.106. The first-order valence-corrected chi connectivity index (χ1v) is 42.0. The van der Waals surface area contributed by atoms with Crippen LogP contribution in [0.15, 0.2) is 0 Å². The maximum atomic E-state index is 13.1. The van der Waals surface area contributed by atoms with Gasteiger partial charge in [0.25, 0.3) is 0 Å². The lowest BCUT2D eigenvalue weighted by Crippen LogP contribution is -2.30. The largest absolute Gasteiger partial charge is 0.472 e. The fourth-order valence-electron chi connectivity index (χ4n) is 11.4. The van der Waals surface area contributed by atoms with E-state index in [-0.39, 0.29) is 25.7 Å². The van der Waals surface area contributed by atoms with Crippen LogP contribution in [0.3, 0.4) is 0 Å². The molecule has 0 fully saturated rings. The molecule has 17 nitrogen and oxygen atoms in total. The van der Waals surface area contributed by atoms with Gasteiger partial charge in [-0.05, 0) is 37.5 Å². The molecule has 0 amide bonds. The molecule has 0 heterocycles. The average Bonchev–Trinajstić information content (AvgIpc) is 1.66. The number of esters is 4. The number of aliphatic hydroxyl groups excluding tert-OH is 1. The highest BCUT2D eigenvalue weighted by molar-refractivity contribution is 7.47. The molecule has 0 spiro atoms. The van der Waals surface area contributed by atoms with Gasteiger partial charge in [-0.15, -0.1) is 0 Å². The summed E-state index contributed by atoms with van der Waals surface area (Å²) in [5.41, 5.74) is 0. The van der Waals surface area contributed by atoms with Crippen molar-refractivity contribution in [2.24, 2.45) is 11.8 Å². The van der Waals surface area contributed by atoms with Crippen LogP contribution in [0.5, 0.6) is 0 Å². The van der Waals surface area contributed by atoms with Crippen molar-refractivity contribution in [2.45, 2.75) is 407 Å². The maximum Gasteiger partial charge on any atom is 0.472 e. The van der Waals surface area contributed by atoms with E-state index in [0.29, 0.717) is 25.7 Å². The van der Waals surface area contributed by atoms with Crippen LogP contribution >= 0.6 is 15.6 Å². The van der Waals surface area contributed by atoms with Gasteiger partial charge in [0.1, 0.15) is 19.3 Å². The Kier molecular flexibility index (Phi) is 65.5. The smallest absolute Gasteiger partial charge is 0.462 e. The average molecular weight is 1380 g/mol. The summed E-state index contributed by atoms with van der Waals surface area (Å²) < 4.78 is 68.4. The van der Waals surface area contributed by atoms with Crippen molar-refractivity contribution < 1.29 is 80.2 Å². The number of hydrogen-bond acceptors (Lipinski definition) is 15. The van der Waals surface area contributed by atoms with E-state index < -0.39 is 97.5 Å². The predicted octanol–water partition coefficient (Wildman–Crippen LogP) is 21.9. The first-order chi connectivity index (χ1) is 45.4. The highest BCUT2D eigenvalue weighted by Gasteiger charge is 2.30. The normalized spacial score (nSPS) is 14.3. The van der Waals surface area contributed by atoms with Gasteiger partial charge in [0.2, 0.25) is 0 Å². The fraction of sp³-hybridized carbons (Fsp3) is 0.947. The summed E-state index contributed by atoms with van der Waals surface area (Å²) in [6.45, 7) is 9.58. The second-order valence-electron chi connectivity index (χ2n) is 27.8. The van der Waals surface area contributed by atoms with Crippen LogP contribution in [-0.2, 0) is 65.4 Å². The van der Waals surface area contributed by atoms with Crippen LogP contribution < -0.4 is 0 Å². The number of unbranched alkanes of at least 4 members (excludes halogenated alkanes) is 43. The SMILES string of the molecule is CCCCCCCCCCCCCCCCCCCCCC(=O)O[C@H](COC(=O)CCCCCCCCCCCCCC(C)C)COP(=O)(O)OC[C@@H](O)COP(=O)(O)OC[C@@H](COC(=O)CCCCCCCCC)OC(=O)CCCCCCCCCCCCC(C)CC. The van der Waals surface area contributed by atoms with Crippen molar-refractivity contribution >= 4 is 39.5 Å². The summed E-state index contributed by atoms with van der Waals surface area (Å²) in [5.74, 6) is -0.547. The molecule has 0 radical (unpaired) electrons. The van der Waals surface area contributed by atoms with Crippen LogP contribution in [0.2, 0.25) is 0 Å². The number of rotatable bonds is 74. The Bertz CT molecular complexity index is 1820. The van der Waals surface area contributed by atoms with Crippen molar-refractivity contribution in [3.8, 4) is 0 Å². The van der Waals surface area contributed by atoms with E-state index in [1.54, 1.807) is 0 Å². The molecule has 3 N–H and O–H groups in total. The Balaban J connectivity index is 5.19. The maximum absolute atomic E-state index is 13.1. The zero-order valence-electron chi connectivity index (χ0n) is 61.3. The molecule has 0 bridgehead atoms. The van der Waals surface area contributed by atoms with E-state index in [1.807, 2.05) is 0 Å². The highest BCUT2D eigenvalue weighted by atomic mass is 31.2. The van der Waals surface area contributed by atoms with Crippen molar-refractivity contribution in [1.82, 2.24) is 0 Å². The van der Waals surface area contributed by atoms with Crippen LogP contribution in [-0.4, -0.2) is 96.7 Å². The molecule has 6 atom stereocenters. The standard InChI is InChI=1S/C75H146O17P2/c1-7-10-12-14-16-17-18-19-20-21-22-23-24-25-28-35-41-47-53-59-74(79)92-71(64-86-73(78)58-52-46-40-34-29-26-27-32-38-43-49-55-67(4)5)66-90-94(83,84)88-62-69(76)61-87-93(81,82)89-65-70(63-85-72(77)57-51-45-37-15-13-11-8-2)91-75(80)60-54-48-42-36-31-30-33-39-44-50-56-68(6)9-3/h67-71,76H,7-66H2,1-6H3,(H,81,82)(H,83,84)/t68?,69-,70+,71+/m0/s1. The molecule has 3 unspecified atom stereocenters. The Morgan fingerprint density at radius 2 is 0.543 bits per heavy atom. The molecule has 0 aliphatic heterocycles. The molecule has 19 heteroatoms. The first-order valence-electron chi connectivity index (χ1n) is 39.0. The molecule has 0 aromatic rings. The summed E-state index contributed by atoms with van der Waals surface area (Å²) in [6, 6.07) is 0. The number of carbonyl (C=O) groups excluding carboxylic acids is 4. The van der Waals surface area contributed by atoms with Crippen LogP contribution in [0.4, 0.5) is 0 Å². The van der Waals surface area contributed by atoms with Gasteiger partial charge in [-0.1, -0.05) is 337 Å². The van der Waals surface area contributed by atoms with E-state index in [9.17, 15) is 43.2 Å². The number of hydrogen-bond donors (Lipinski definition) is 3. The Hall–Kier alpha value is -1.94. The highest BCUT2D eigenvalue weighted by Crippen LogP contribution is 2.45. The van der Waals surface area contributed by atoms with Crippen LogP contribution in [0.1, 0.15) is 388 Å². The topological polar surface area (TPSA) is 237 Å². The minimum atomic E-state index is -4.96. The molecule has 0 saturated carbocycles. The lowest BCUT2D eigenvalue weighted by molar-refractivity contribution is -0.161. The molecule has 0 saturated heterocycles. The Labute approximate surface area is 575 Å². The number of ether oxygens (including phenoxy) is 4. The molecule has 0 aliphatic rings. The predicted molar refractivity (Wildman–Crippen MR) is 381 cm³/mol. The summed E-state index contributed by atoms with van der Waals surface area (Å²) >= 11 is 0. The molecule has 558 valence electrons. The third kappa shape index (κ3) is 67.3. The van der Waals surface area contributed by atoms with Gasteiger partial charge < -0.3 is 33.8 Å². The van der Waals surface area contributed by atoms with Gasteiger partial charge in [0.15, 0.2) is 12.2 Å². The second-order valence-corrected chi connectivity index (χ2v) is 30.7. The van der Waals surface area contributed by atoms with Crippen molar-refractivity contribution in [2.75, 3.05) is 39.6 Å². The van der Waals surface area contributed by atoms with Crippen LogP contribution in [0.25, 0.3) is 0 Å². The van der Waals surface area contributed by atoms with Gasteiger partial charge in [0, 0.05) is 25.7 Å². The van der Waals surface area contributed by atoms with E-state index in [2.05, 4.69) is 41.5 Å². The van der Waals surface area contributed by atoms with Crippen molar-refractivity contribution in [1.29, 1.82) is 0 Å². The van der Waals surface area contributed by atoms with Gasteiger partial charge >= 0.3 is 39.5 Å². The Morgan fingerprint density at radius 3 is 0.809 bits per heavy atom. The number of phosphoric acid groups is 2. The minimum Gasteiger partial charge on any atom is -0.462 e. The lowest BCUT2D eigenvalue weighted by atomic mass is 9.99. The number of carbonyl (C=O) groups is 4. The van der Waals surface area contributed by atoms with Gasteiger partial charge in [-0.3, -0.25) is 37.3 Å². The van der Waals surface area contributed by atoms with E-state index in [1.165, 1.54) is 193 Å². The quantitative estimate of drug-likeness (QED) is 0.0222. The zero-order valence-corrected chi connectivity index (χ0v) is 63.1. The number of phosphoric ester groups is 2. The van der Waals surface area contributed by atoms with Crippen molar-refractivity contribution in [3.63, 3.8) is 0 Å². The van der Waals surface area contributed by atoms with E-state index >= 15 is 0 Å². The number of aliphatic hydroxyl groups is 1. The van der Waals surface area contributed by atoms with E-state index in [4.69, 9.17) is 37.0 Å². The van der Waals surface area contributed by atoms with Crippen molar-refractivity contribution in [3.05, 3.63) is 0 Å². The molecular formula is C75H146O17P2. The third-order valence-electron chi connectivity index (χ3n) is 17.8. The second kappa shape index (κ2) is 66.9. The molecule has 0 aromatic carbocycles. The zero-order chi connectivity index (χ0) is 69.3. The van der Waals surface area contributed by atoms with E-state index in [0.717, 1.165) is 115 Å². The molecular weight excluding hydrogens is 1230 g/mol. The molecule has 0 aromatic heterocycles. The van der Waals surface area contributed by atoms with Gasteiger partial charge in [-0.2, -0.15) is 0 Å². The summed E-state index contributed by atoms with van der Waals surface area (Å²) in [7, 11) is -9.90. The lowest BCUT2D eigenvalue weighted by Gasteiger charge is -2.21. The monoisotopic (exact) mass is 1380 g/mol. The Morgan fingerprint density at radius 1 is 0.309 bits per heavy atom. The summed E-state index contributed by atoms with van der Waals surface area (Å²) in [5, 5.41) is 10.6.